The zero-order valence-electron chi connectivity index (χ0n) is 36.8. The lowest BCUT2D eigenvalue weighted by Crippen LogP contribution is -2.64. The van der Waals surface area contributed by atoms with Crippen molar-refractivity contribution in [2.75, 3.05) is 6.61 Å². The number of allylic oxidation sites excluding steroid dienone is 1. The number of hydrogen-bond acceptors (Lipinski definition) is 16. The van der Waals surface area contributed by atoms with Crippen molar-refractivity contribution in [3.05, 3.63) is 11.6 Å². The van der Waals surface area contributed by atoms with Crippen LogP contribution in [0.25, 0.3) is 0 Å². The molecule has 18 atom stereocenters. The van der Waals surface area contributed by atoms with Crippen LogP contribution < -0.4 is 0 Å². The van der Waals surface area contributed by atoms with E-state index in [0.717, 1.165) is 31.3 Å². The van der Waals surface area contributed by atoms with Crippen LogP contribution in [-0.4, -0.2) is 136 Å². The van der Waals surface area contributed by atoms with Crippen LogP contribution in [0.15, 0.2) is 11.6 Å². The quantitative estimate of drug-likeness (QED) is 0.0755. The molecule has 4 aliphatic carbocycles. The van der Waals surface area contributed by atoms with E-state index in [2.05, 4.69) is 27.7 Å². The molecule has 17 nitrogen and oxygen atoms in total. The van der Waals surface area contributed by atoms with E-state index in [0.29, 0.717) is 32.1 Å². The molecule has 7 rings (SSSR count). The van der Waals surface area contributed by atoms with Gasteiger partial charge in [-0.1, -0.05) is 39.3 Å². The minimum atomic E-state index is -5.03. The summed E-state index contributed by atoms with van der Waals surface area (Å²) in [6.45, 7) is 16.7. The van der Waals surface area contributed by atoms with Crippen LogP contribution in [0.4, 0.5) is 0 Å². The van der Waals surface area contributed by atoms with E-state index in [9.17, 15) is 48.1 Å². The van der Waals surface area contributed by atoms with Gasteiger partial charge in [0.25, 0.3) is 0 Å². The molecule has 0 aromatic rings. The summed E-state index contributed by atoms with van der Waals surface area (Å²) in [7, 11) is -5.03. The lowest BCUT2D eigenvalue weighted by molar-refractivity contribution is -0.362. The molecular weight excluding hydrogens is 821 g/mol. The summed E-state index contributed by atoms with van der Waals surface area (Å²) >= 11 is 0. The van der Waals surface area contributed by atoms with Crippen LogP contribution in [0.1, 0.15) is 120 Å². The van der Waals surface area contributed by atoms with E-state index in [4.69, 9.17) is 32.6 Å². The van der Waals surface area contributed by atoms with Crippen molar-refractivity contribution in [1.82, 2.24) is 0 Å². The van der Waals surface area contributed by atoms with E-state index < -0.39 is 117 Å². The molecule has 0 bridgehead atoms. The molecule has 1 spiro atoms. The van der Waals surface area contributed by atoms with Crippen molar-refractivity contribution >= 4 is 22.3 Å². The lowest BCUT2D eigenvalue weighted by Gasteiger charge is -2.64. The fourth-order valence-corrected chi connectivity index (χ4v) is 14.1. The Hall–Kier alpha value is -1.81. The second kappa shape index (κ2) is 16.0. The number of fused-ring (bicyclic) bond motifs is 4. The van der Waals surface area contributed by atoms with Crippen molar-refractivity contribution in [2.45, 2.75) is 199 Å². The molecule has 6 fully saturated rings. The van der Waals surface area contributed by atoms with Crippen LogP contribution in [0, 0.1) is 39.4 Å². The molecule has 7 aliphatic rings. The highest BCUT2D eigenvalue weighted by molar-refractivity contribution is 7.80. The summed E-state index contributed by atoms with van der Waals surface area (Å²) < 4.78 is 73.6. The first kappa shape index (κ1) is 47.2. The Kier molecular flexibility index (Phi) is 12.3. The van der Waals surface area contributed by atoms with Crippen molar-refractivity contribution in [1.29, 1.82) is 0 Å². The van der Waals surface area contributed by atoms with Crippen LogP contribution in [0.3, 0.4) is 0 Å². The lowest BCUT2D eigenvalue weighted by atomic mass is 9.40. The number of carbonyl (C=O) groups excluding carboxylic acids is 2. The predicted octanol–water partition coefficient (Wildman–Crippen LogP) is 2.87. The molecule has 0 aromatic carbocycles. The highest BCUT2D eigenvalue weighted by Gasteiger charge is 2.79. The van der Waals surface area contributed by atoms with E-state index in [-0.39, 0.29) is 29.7 Å². The Morgan fingerprint density at radius 3 is 2.25 bits per heavy atom. The van der Waals surface area contributed by atoms with Crippen LogP contribution in [0.5, 0.6) is 0 Å². The van der Waals surface area contributed by atoms with E-state index in [1.165, 1.54) is 13.8 Å². The molecule has 3 heterocycles. The average Bonchev–Trinajstić information content (AvgIpc) is 3.60. The number of ether oxygens (including phenoxy) is 6. The van der Waals surface area contributed by atoms with Gasteiger partial charge >= 0.3 is 22.3 Å². The van der Waals surface area contributed by atoms with Crippen LogP contribution in [-0.2, 0) is 52.6 Å². The number of aliphatic hydroxyl groups excluding tert-OH is 5. The smallest absolute Gasteiger partial charge is 0.397 e. The van der Waals surface area contributed by atoms with E-state index in [1.807, 2.05) is 26.8 Å². The first-order valence-electron chi connectivity index (χ1n) is 21.9. The second-order valence-corrected chi connectivity index (χ2v) is 22.0. The maximum Gasteiger partial charge on any atom is 0.397 e. The second-order valence-electron chi connectivity index (χ2n) is 21.0. The number of aliphatic hydroxyl groups is 5. The highest BCUT2D eigenvalue weighted by Crippen LogP contribution is 2.76. The third kappa shape index (κ3) is 7.73. The zero-order valence-corrected chi connectivity index (χ0v) is 37.6. The Balaban J connectivity index is 1.12. The summed E-state index contributed by atoms with van der Waals surface area (Å²) in [5, 5.41) is 55.3. The van der Waals surface area contributed by atoms with E-state index >= 15 is 0 Å². The minimum Gasteiger partial charge on any atom is -0.460 e. The average molecular weight is 889 g/mol. The molecule has 3 saturated carbocycles. The van der Waals surface area contributed by atoms with Gasteiger partial charge in [-0.05, 0) is 114 Å². The standard InChI is InChI=1S/C43H68O17S/c1-21-30(46)32(48)33(49)35(55-21)57-34-31(47)25(60-61(51,52)53)20-54-36(34)56-29-14-17-40(7)24-19-28(45)43-27(13-18-41(43,8)23(24)11-12-26(40)39(29,5)6)42(9,59-37(43)50)16-10-15-38(3,4)58-22(2)44/h19,21,23,25-36,45-49H,10-18,20H2,1-9H3,(H,51,52,53)/t21-,23-,25-,26?,27-,28-,29+,30-,31+,32+,33-,34-,35+,36+,40-,41+,42+,43+/m1/s1. The van der Waals surface area contributed by atoms with Gasteiger partial charge in [-0.2, -0.15) is 8.42 Å². The number of hydrogen-bond donors (Lipinski definition) is 6. The molecule has 3 saturated heterocycles. The monoisotopic (exact) mass is 888 g/mol. The molecule has 6 N–H and O–H groups in total. The molecule has 61 heavy (non-hydrogen) atoms. The van der Waals surface area contributed by atoms with Gasteiger partial charge in [0.2, 0.25) is 0 Å². The summed E-state index contributed by atoms with van der Waals surface area (Å²) in [5.74, 6) is -0.848. The van der Waals surface area contributed by atoms with Crippen molar-refractivity contribution in [3.8, 4) is 0 Å². The maximum absolute atomic E-state index is 14.4. The summed E-state index contributed by atoms with van der Waals surface area (Å²) in [6, 6.07) is 0. The van der Waals surface area contributed by atoms with Gasteiger partial charge in [-0.25, -0.2) is 4.18 Å². The number of rotatable bonds is 11. The Labute approximate surface area is 358 Å². The SMILES string of the molecule is CC(=O)OC(C)(C)CCC[C@]1(C)OC(=O)[C@]23[C@H](O)C=C4[C@@H](CCC5C(C)(C)[C@@H](O[C@@H]6OC[C@@H](OS(=O)(=O)O)[C@H](O)[C@H]6O[C@@H]6O[C@H](C)[C@@H](O)[C@H](O)[C@H]6O)CC[C@]45C)[C@]2(C)CC[C@@H]31. The topological polar surface area (TPSA) is 254 Å². The Morgan fingerprint density at radius 2 is 1.59 bits per heavy atom. The van der Waals surface area contributed by atoms with Crippen molar-refractivity contribution in [2.24, 2.45) is 39.4 Å². The third-order valence-corrected chi connectivity index (χ3v) is 17.0. The molecule has 0 amide bonds. The summed E-state index contributed by atoms with van der Waals surface area (Å²) in [5.41, 5.74) is -2.92. The molecule has 3 aliphatic heterocycles. The predicted molar refractivity (Wildman–Crippen MR) is 213 cm³/mol. The third-order valence-electron chi connectivity index (χ3n) is 16.5. The molecule has 1 unspecified atom stereocenters. The van der Waals surface area contributed by atoms with Crippen molar-refractivity contribution in [3.63, 3.8) is 0 Å². The molecular formula is C43H68O17S. The number of carbonyl (C=O) groups is 2. The Morgan fingerprint density at radius 1 is 0.902 bits per heavy atom. The maximum atomic E-state index is 14.4. The first-order valence-corrected chi connectivity index (χ1v) is 23.3. The molecule has 0 radical (unpaired) electrons. The molecule has 0 aromatic heterocycles. The minimum absolute atomic E-state index is 0.0146. The van der Waals surface area contributed by atoms with Gasteiger partial charge in [-0.3, -0.25) is 14.1 Å². The van der Waals surface area contributed by atoms with Gasteiger partial charge in [0.1, 0.15) is 53.2 Å². The van der Waals surface area contributed by atoms with Gasteiger partial charge in [-0.15, -0.1) is 0 Å². The number of esters is 2. The summed E-state index contributed by atoms with van der Waals surface area (Å²) in [6.07, 6.45) is -7.29. The Bertz CT molecular complexity index is 1840. The van der Waals surface area contributed by atoms with Crippen LogP contribution in [0.2, 0.25) is 0 Å². The summed E-state index contributed by atoms with van der Waals surface area (Å²) in [4.78, 5) is 26.1. The van der Waals surface area contributed by atoms with E-state index in [1.54, 1.807) is 0 Å². The molecule has 18 heteroatoms. The normalized spacial score (nSPS) is 48.2. The van der Waals surface area contributed by atoms with Gasteiger partial charge in [0.05, 0.1) is 24.9 Å². The van der Waals surface area contributed by atoms with Gasteiger partial charge in [0, 0.05) is 12.8 Å². The first-order chi connectivity index (χ1) is 28.1. The van der Waals surface area contributed by atoms with Gasteiger partial charge in [0.15, 0.2) is 12.6 Å². The zero-order chi connectivity index (χ0) is 45.0. The molecule has 348 valence electrons. The largest absolute Gasteiger partial charge is 0.460 e. The fraction of sp³-hybridized carbons (Fsp3) is 0.907. The van der Waals surface area contributed by atoms with Crippen molar-refractivity contribution < 1.29 is 80.7 Å². The van der Waals surface area contributed by atoms with Crippen LogP contribution >= 0.6 is 0 Å². The van der Waals surface area contributed by atoms with Gasteiger partial charge < -0.3 is 54.0 Å². The fourth-order valence-electron chi connectivity index (χ4n) is 13.6. The highest BCUT2D eigenvalue weighted by atomic mass is 32.3. The number of cyclic esters (lactones) is 1.